The van der Waals surface area contributed by atoms with Crippen molar-refractivity contribution in [3.8, 4) is 17.0 Å². The highest BCUT2D eigenvalue weighted by atomic mass is 19.4. The van der Waals surface area contributed by atoms with E-state index in [-0.39, 0.29) is 22.9 Å². The number of aryl methyl sites for hydroxylation is 1. The Balaban J connectivity index is 1.07. The van der Waals surface area contributed by atoms with Crippen molar-refractivity contribution in [2.45, 2.75) is 57.5 Å². The molecule has 6 rings (SSSR count). The predicted octanol–water partition coefficient (Wildman–Crippen LogP) is 7.54. The second-order valence-corrected chi connectivity index (χ2v) is 11.4. The molecule has 2 heterocycles. The van der Waals surface area contributed by atoms with Crippen molar-refractivity contribution < 1.29 is 32.3 Å². The second-order valence-electron chi connectivity index (χ2n) is 11.4. The zero-order chi connectivity index (χ0) is 27.4. The van der Waals surface area contributed by atoms with Gasteiger partial charge in [0.2, 0.25) is 0 Å². The monoisotopic (exact) mass is 538 g/mol. The number of alkyl halides is 3. The molecule has 3 saturated carbocycles. The van der Waals surface area contributed by atoms with Gasteiger partial charge in [0, 0.05) is 17.0 Å². The molecule has 2 aromatic heterocycles. The van der Waals surface area contributed by atoms with Crippen LogP contribution in [0, 0.1) is 24.2 Å². The fraction of sp³-hybridized carbons (Fsp3) is 0.433. The van der Waals surface area contributed by atoms with E-state index in [0.29, 0.717) is 46.5 Å². The van der Waals surface area contributed by atoms with Crippen molar-refractivity contribution in [3.05, 3.63) is 70.7 Å². The quantitative estimate of drug-likeness (QED) is 0.319. The molecule has 3 aliphatic rings. The molecule has 1 aromatic carbocycles. The Bertz CT molecular complexity index is 1430. The molecule has 1 spiro atoms. The molecular formula is C30H29F3N2O4. The molecule has 1 N–H and O–H groups in total. The van der Waals surface area contributed by atoms with Crippen molar-refractivity contribution in [1.82, 2.24) is 10.1 Å². The Labute approximate surface area is 223 Å². The van der Waals surface area contributed by atoms with E-state index >= 15 is 0 Å². The van der Waals surface area contributed by atoms with E-state index in [1.165, 1.54) is 18.3 Å². The maximum absolute atomic E-state index is 13.7. The van der Waals surface area contributed by atoms with E-state index in [2.05, 4.69) is 16.2 Å². The number of ether oxygens (including phenoxy) is 1. The third kappa shape index (κ3) is 5.06. The molecule has 0 atom stereocenters. The molecule has 0 radical (unpaired) electrons. The number of carbonyl (C=O) groups is 1. The summed E-state index contributed by atoms with van der Waals surface area (Å²) in [4.78, 5) is 15.1. The van der Waals surface area contributed by atoms with Gasteiger partial charge in [-0.05, 0) is 80.4 Å². The highest BCUT2D eigenvalue weighted by Gasteiger charge is 2.52. The van der Waals surface area contributed by atoms with Gasteiger partial charge >= 0.3 is 12.1 Å². The van der Waals surface area contributed by atoms with Gasteiger partial charge in [-0.15, -0.1) is 0 Å². The first-order chi connectivity index (χ1) is 18.6. The standard InChI is InChI=1S/C30H29F3N2O4/c1-17-10-21(15-34-25(17)28(36)37)38-16-19-13-29(14-19)11-18(12-29)6-9-23-26(35-39-27(23)20-7-8-20)22-4-2-3-5-24(22)30(31,32)33/h2-6,9-10,15,18-20H,7-8,11-14,16H2,1H3,(H,36,37)/b9-6+. The van der Waals surface area contributed by atoms with Gasteiger partial charge in [0.15, 0.2) is 5.69 Å². The van der Waals surface area contributed by atoms with E-state index in [1.807, 2.05) is 6.08 Å². The van der Waals surface area contributed by atoms with E-state index in [0.717, 1.165) is 44.6 Å². The van der Waals surface area contributed by atoms with Crippen LogP contribution in [0.2, 0.25) is 0 Å². The lowest BCUT2D eigenvalue weighted by atomic mass is 9.48. The van der Waals surface area contributed by atoms with Gasteiger partial charge in [-0.1, -0.05) is 35.5 Å². The Morgan fingerprint density at radius 2 is 1.95 bits per heavy atom. The normalized spacial score (nSPS) is 24.5. The Hall–Kier alpha value is -3.62. The molecule has 204 valence electrons. The van der Waals surface area contributed by atoms with Gasteiger partial charge < -0.3 is 14.4 Å². The molecule has 6 nitrogen and oxygen atoms in total. The summed E-state index contributed by atoms with van der Waals surface area (Å²) in [6.07, 6.45) is 7.19. The molecule has 0 bridgehead atoms. The summed E-state index contributed by atoms with van der Waals surface area (Å²) in [5, 5.41) is 13.2. The minimum atomic E-state index is -4.47. The molecule has 9 heteroatoms. The van der Waals surface area contributed by atoms with E-state index in [4.69, 9.17) is 14.4 Å². The highest BCUT2D eigenvalue weighted by molar-refractivity contribution is 5.87. The van der Waals surface area contributed by atoms with Crippen molar-refractivity contribution in [2.75, 3.05) is 6.61 Å². The van der Waals surface area contributed by atoms with Crippen molar-refractivity contribution in [1.29, 1.82) is 0 Å². The summed E-state index contributed by atoms with van der Waals surface area (Å²) in [6.45, 7) is 2.28. The number of aromatic carboxylic acids is 1. The largest absolute Gasteiger partial charge is 0.492 e. The minimum absolute atomic E-state index is 0.0330. The van der Waals surface area contributed by atoms with Crippen LogP contribution in [0.15, 0.2) is 47.1 Å². The Morgan fingerprint density at radius 1 is 1.21 bits per heavy atom. The molecule has 0 aliphatic heterocycles. The first kappa shape index (κ1) is 25.6. The third-order valence-corrected chi connectivity index (χ3v) is 8.30. The van der Waals surface area contributed by atoms with Crippen molar-refractivity contribution in [2.24, 2.45) is 17.3 Å². The summed E-state index contributed by atoms with van der Waals surface area (Å²) >= 11 is 0. The van der Waals surface area contributed by atoms with Gasteiger partial charge in [-0.2, -0.15) is 13.2 Å². The summed E-state index contributed by atoms with van der Waals surface area (Å²) in [7, 11) is 0. The lowest BCUT2D eigenvalue weighted by molar-refractivity contribution is -0.137. The van der Waals surface area contributed by atoms with Crippen LogP contribution in [0.5, 0.6) is 5.75 Å². The number of hydrogen-bond donors (Lipinski definition) is 1. The molecule has 0 saturated heterocycles. The SMILES string of the molecule is Cc1cc(OCC2CC3(CC(/C=C/c4c(-c5ccccc5C(F)(F)F)noc4C4CC4)C3)C2)cnc1C(=O)O. The lowest BCUT2D eigenvalue weighted by Crippen LogP contribution is -2.48. The fourth-order valence-corrected chi connectivity index (χ4v) is 6.34. The fourth-order valence-electron chi connectivity index (χ4n) is 6.34. The molecular weight excluding hydrogens is 509 g/mol. The average Bonchev–Trinajstić information content (AvgIpc) is 3.60. The topological polar surface area (TPSA) is 85.5 Å². The Morgan fingerprint density at radius 3 is 2.62 bits per heavy atom. The summed E-state index contributed by atoms with van der Waals surface area (Å²) in [6, 6.07) is 7.24. The minimum Gasteiger partial charge on any atom is -0.492 e. The van der Waals surface area contributed by atoms with Crippen LogP contribution in [0.1, 0.15) is 77.4 Å². The van der Waals surface area contributed by atoms with Gasteiger partial charge in [-0.3, -0.25) is 0 Å². The summed E-state index contributed by atoms with van der Waals surface area (Å²) < 4.78 is 52.5. The van der Waals surface area contributed by atoms with Crippen LogP contribution in [0.3, 0.4) is 0 Å². The molecule has 3 aromatic rings. The van der Waals surface area contributed by atoms with Crippen molar-refractivity contribution in [3.63, 3.8) is 0 Å². The number of hydrogen-bond acceptors (Lipinski definition) is 5. The van der Waals surface area contributed by atoms with Gasteiger partial charge in [0.1, 0.15) is 17.2 Å². The van der Waals surface area contributed by atoms with Crippen LogP contribution in [0.4, 0.5) is 13.2 Å². The number of carboxylic acid groups (broad SMARTS) is 1. The maximum Gasteiger partial charge on any atom is 0.417 e. The predicted molar refractivity (Wildman–Crippen MR) is 137 cm³/mol. The van der Waals surface area contributed by atoms with Crippen molar-refractivity contribution >= 4 is 12.0 Å². The molecule has 0 amide bonds. The molecule has 3 aliphatic carbocycles. The zero-order valence-corrected chi connectivity index (χ0v) is 21.5. The summed E-state index contributed by atoms with van der Waals surface area (Å²) in [5.41, 5.74) is 1.20. The van der Waals surface area contributed by atoms with E-state index < -0.39 is 17.7 Å². The number of halogens is 3. The average molecular weight is 539 g/mol. The number of allylic oxidation sites excluding steroid dienone is 1. The molecule has 39 heavy (non-hydrogen) atoms. The van der Waals surface area contributed by atoms with Crippen LogP contribution in [-0.2, 0) is 6.18 Å². The number of pyridine rings is 1. The highest BCUT2D eigenvalue weighted by Crippen LogP contribution is 2.61. The molecule has 0 unspecified atom stereocenters. The molecule has 3 fully saturated rings. The Kier molecular flexibility index (Phi) is 6.27. The third-order valence-electron chi connectivity index (χ3n) is 8.30. The number of benzene rings is 1. The number of aromatic nitrogens is 2. The number of nitrogens with zero attached hydrogens (tertiary/aromatic N) is 2. The van der Waals surface area contributed by atoms with Crippen LogP contribution >= 0.6 is 0 Å². The zero-order valence-electron chi connectivity index (χ0n) is 21.5. The van der Waals surface area contributed by atoms with Crippen LogP contribution in [-0.4, -0.2) is 27.8 Å². The van der Waals surface area contributed by atoms with Gasteiger partial charge in [-0.25, -0.2) is 9.78 Å². The summed E-state index contributed by atoms with van der Waals surface area (Å²) in [5.74, 6) is 1.26. The van der Waals surface area contributed by atoms with Gasteiger partial charge in [0.05, 0.1) is 18.4 Å². The number of carboxylic acids is 1. The second kappa shape index (κ2) is 9.54. The van der Waals surface area contributed by atoms with Crippen LogP contribution in [0.25, 0.3) is 17.3 Å². The maximum atomic E-state index is 13.7. The smallest absolute Gasteiger partial charge is 0.417 e. The van der Waals surface area contributed by atoms with E-state index in [9.17, 15) is 18.0 Å². The van der Waals surface area contributed by atoms with Crippen LogP contribution < -0.4 is 4.74 Å². The van der Waals surface area contributed by atoms with E-state index in [1.54, 1.807) is 19.1 Å². The lowest BCUT2D eigenvalue weighted by Gasteiger charge is -2.57. The first-order valence-electron chi connectivity index (χ1n) is 13.3. The van der Waals surface area contributed by atoms with Gasteiger partial charge in [0.25, 0.3) is 0 Å². The number of rotatable bonds is 8. The first-order valence-corrected chi connectivity index (χ1v) is 13.3.